The topological polar surface area (TPSA) is 47.6 Å². The van der Waals surface area contributed by atoms with Gasteiger partial charge in [-0.25, -0.2) is 0 Å². The minimum Gasteiger partial charge on any atom is -0.493 e. The third-order valence-electron chi connectivity index (χ3n) is 3.14. The van der Waals surface area contributed by atoms with Crippen LogP contribution in [0.2, 0.25) is 0 Å². The van der Waals surface area contributed by atoms with Gasteiger partial charge in [0.25, 0.3) is 5.91 Å². The van der Waals surface area contributed by atoms with Crippen LogP contribution in [0.25, 0.3) is 0 Å². The van der Waals surface area contributed by atoms with Crippen LogP contribution in [0.15, 0.2) is 36.4 Å². The van der Waals surface area contributed by atoms with E-state index in [0.29, 0.717) is 5.75 Å². The van der Waals surface area contributed by atoms with Gasteiger partial charge < -0.3 is 14.8 Å². The number of amides is 1. The van der Waals surface area contributed by atoms with E-state index in [-0.39, 0.29) is 17.0 Å². The Bertz CT molecular complexity index is 763. The Hall–Kier alpha value is -1.97. The van der Waals surface area contributed by atoms with Crippen molar-refractivity contribution in [2.24, 2.45) is 0 Å². The lowest BCUT2D eigenvalue weighted by Crippen LogP contribution is -2.15. The molecule has 1 amide bonds. The summed E-state index contributed by atoms with van der Waals surface area (Å²) >= 11 is 2.00. The molecule has 128 valence electrons. The predicted molar refractivity (Wildman–Crippen MR) is 91.7 cm³/mol. The number of hydrogen-bond acceptors (Lipinski definition) is 3. The molecule has 0 fully saturated rings. The van der Waals surface area contributed by atoms with Gasteiger partial charge in [-0.2, -0.15) is 13.2 Å². The average Bonchev–Trinajstić information content (AvgIpc) is 2.53. The van der Waals surface area contributed by atoms with Crippen LogP contribution in [0.4, 0.5) is 18.9 Å². The molecule has 0 aliphatic rings. The minimum atomic E-state index is -4.48. The van der Waals surface area contributed by atoms with E-state index < -0.39 is 17.6 Å². The molecule has 0 unspecified atom stereocenters. The van der Waals surface area contributed by atoms with Crippen LogP contribution in [0, 0.1) is 3.57 Å². The van der Waals surface area contributed by atoms with E-state index in [1.54, 1.807) is 12.1 Å². The molecule has 0 saturated carbocycles. The van der Waals surface area contributed by atoms with Crippen molar-refractivity contribution < 1.29 is 27.4 Å². The van der Waals surface area contributed by atoms with Crippen LogP contribution in [0.1, 0.15) is 15.9 Å². The van der Waals surface area contributed by atoms with E-state index in [1.807, 2.05) is 22.6 Å². The Morgan fingerprint density at radius 1 is 1.12 bits per heavy atom. The van der Waals surface area contributed by atoms with Gasteiger partial charge in [-0.05, 0) is 52.9 Å². The van der Waals surface area contributed by atoms with E-state index >= 15 is 0 Å². The zero-order chi connectivity index (χ0) is 17.9. The summed E-state index contributed by atoms with van der Waals surface area (Å²) in [6, 6.07) is 7.65. The summed E-state index contributed by atoms with van der Waals surface area (Å²) in [6.45, 7) is 0. The summed E-state index contributed by atoms with van der Waals surface area (Å²) in [5, 5.41) is 2.45. The second kappa shape index (κ2) is 7.29. The zero-order valence-electron chi connectivity index (χ0n) is 12.7. The van der Waals surface area contributed by atoms with Crippen LogP contribution in [0.3, 0.4) is 0 Å². The van der Waals surface area contributed by atoms with E-state index in [0.717, 1.165) is 15.7 Å². The van der Waals surface area contributed by atoms with Crippen molar-refractivity contribution in [3.8, 4) is 11.5 Å². The predicted octanol–water partition coefficient (Wildman–Crippen LogP) is 4.58. The maximum absolute atomic E-state index is 12.7. The quantitative estimate of drug-likeness (QED) is 0.693. The van der Waals surface area contributed by atoms with E-state index in [2.05, 4.69) is 5.32 Å². The van der Waals surface area contributed by atoms with E-state index in [4.69, 9.17) is 9.47 Å². The summed E-state index contributed by atoms with van der Waals surface area (Å²) in [5.74, 6) is -0.0241. The molecule has 0 aliphatic heterocycles. The van der Waals surface area contributed by atoms with Gasteiger partial charge in [0.2, 0.25) is 0 Å². The van der Waals surface area contributed by atoms with Crippen molar-refractivity contribution in [2.75, 3.05) is 19.5 Å². The molecule has 8 heteroatoms. The fraction of sp³-hybridized carbons (Fsp3) is 0.188. The molecule has 24 heavy (non-hydrogen) atoms. The van der Waals surface area contributed by atoms with Gasteiger partial charge in [0.05, 0.1) is 25.3 Å². The fourth-order valence-electron chi connectivity index (χ4n) is 2.07. The van der Waals surface area contributed by atoms with Gasteiger partial charge in [0.1, 0.15) is 0 Å². The molecule has 0 spiro atoms. The van der Waals surface area contributed by atoms with Crippen molar-refractivity contribution in [3.05, 3.63) is 51.1 Å². The molecule has 0 bridgehead atoms. The number of anilines is 1. The Morgan fingerprint density at radius 3 is 2.42 bits per heavy atom. The van der Waals surface area contributed by atoms with Crippen LogP contribution >= 0.6 is 22.6 Å². The Balaban J connectivity index is 2.36. The van der Waals surface area contributed by atoms with Gasteiger partial charge in [-0.1, -0.05) is 6.07 Å². The molecule has 0 aromatic heterocycles. The lowest BCUT2D eigenvalue weighted by atomic mass is 10.1. The standard InChI is InChI=1S/C16H13F3INO3/c1-23-13-8-10(20)7-12(14(13)24-2)15(22)21-11-5-3-4-9(6-11)16(17,18)19/h3-8H,1-2H3,(H,21,22). The SMILES string of the molecule is COc1cc(I)cc(C(=O)Nc2cccc(C(F)(F)F)c2)c1OC. The summed E-state index contributed by atoms with van der Waals surface area (Å²) in [7, 11) is 2.81. The molecule has 0 heterocycles. The molecular formula is C16H13F3INO3. The lowest BCUT2D eigenvalue weighted by molar-refractivity contribution is -0.137. The Kier molecular flexibility index (Phi) is 5.58. The van der Waals surface area contributed by atoms with Crippen molar-refractivity contribution in [1.82, 2.24) is 0 Å². The highest BCUT2D eigenvalue weighted by Gasteiger charge is 2.30. The first-order chi connectivity index (χ1) is 11.3. The Morgan fingerprint density at radius 2 is 1.83 bits per heavy atom. The number of alkyl halides is 3. The van der Waals surface area contributed by atoms with Crippen molar-refractivity contribution in [1.29, 1.82) is 0 Å². The van der Waals surface area contributed by atoms with Crippen LogP contribution in [-0.2, 0) is 6.18 Å². The number of nitrogens with one attached hydrogen (secondary N) is 1. The Labute approximate surface area is 150 Å². The molecular weight excluding hydrogens is 438 g/mol. The zero-order valence-corrected chi connectivity index (χ0v) is 14.9. The van der Waals surface area contributed by atoms with Crippen LogP contribution in [0.5, 0.6) is 11.5 Å². The molecule has 0 saturated heterocycles. The van der Waals surface area contributed by atoms with Gasteiger partial charge in [0, 0.05) is 9.26 Å². The van der Waals surface area contributed by atoms with Gasteiger partial charge in [0.15, 0.2) is 11.5 Å². The van der Waals surface area contributed by atoms with Gasteiger partial charge in [-0.15, -0.1) is 0 Å². The number of benzene rings is 2. The number of ether oxygens (including phenoxy) is 2. The molecule has 2 aromatic carbocycles. The van der Waals surface area contributed by atoms with Crippen molar-refractivity contribution >= 4 is 34.2 Å². The first-order valence-corrected chi connectivity index (χ1v) is 7.74. The highest BCUT2D eigenvalue weighted by molar-refractivity contribution is 14.1. The molecule has 0 radical (unpaired) electrons. The second-order valence-corrected chi connectivity index (χ2v) is 5.97. The highest BCUT2D eigenvalue weighted by Crippen LogP contribution is 2.34. The fourth-order valence-corrected chi connectivity index (χ4v) is 2.67. The molecule has 2 rings (SSSR count). The maximum Gasteiger partial charge on any atom is 0.416 e. The summed E-state index contributed by atoms with van der Waals surface area (Å²) < 4.78 is 49.3. The number of carbonyl (C=O) groups is 1. The maximum atomic E-state index is 12.7. The van der Waals surface area contributed by atoms with E-state index in [1.165, 1.54) is 26.4 Å². The van der Waals surface area contributed by atoms with Crippen molar-refractivity contribution in [2.45, 2.75) is 6.18 Å². The average molecular weight is 451 g/mol. The summed E-state index contributed by atoms with van der Waals surface area (Å²) in [6.07, 6.45) is -4.48. The van der Waals surface area contributed by atoms with E-state index in [9.17, 15) is 18.0 Å². The minimum absolute atomic E-state index is 0.0368. The second-order valence-electron chi connectivity index (χ2n) is 4.72. The number of hydrogen-bond donors (Lipinski definition) is 1. The first kappa shape index (κ1) is 18.4. The number of halogens is 4. The number of rotatable bonds is 4. The number of methoxy groups -OCH3 is 2. The lowest BCUT2D eigenvalue weighted by Gasteiger charge is -2.14. The summed E-state index contributed by atoms with van der Waals surface area (Å²) in [4.78, 5) is 12.4. The molecule has 0 atom stereocenters. The normalized spacial score (nSPS) is 11.1. The summed E-state index contributed by atoms with van der Waals surface area (Å²) in [5.41, 5.74) is -0.638. The number of carbonyl (C=O) groups excluding carboxylic acids is 1. The van der Waals surface area contributed by atoms with Gasteiger partial charge >= 0.3 is 6.18 Å². The van der Waals surface area contributed by atoms with Crippen LogP contribution in [-0.4, -0.2) is 20.1 Å². The molecule has 4 nitrogen and oxygen atoms in total. The largest absolute Gasteiger partial charge is 0.493 e. The molecule has 1 N–H and O–H groups in total. The highest BCUT2D eigenvalue weighted by atomic mass is 127. The third-order valence-corrected chi connectivity index (χ3v) is 3.76. The third kappa shape index (κ3) is 4.11. The monoisotopic (exact) mass is 451 g/mol. The van der Waals surface area contributed by atoms with Gasteiger partial charge in [-0.3, -0.25) is 4.79 Å². The smallest absolute Gasteiger partial charge is 0.416 e. The van der Waals surface area contributed by atoms with Crippen LogP contribution < -0.4 is 14.8 Å². The molecule has 0 aliphatic carbocycles. The van der Waals surface area contributed by atoms with Crippen molar-refractivity contribution in [3.63, 3.8) is 0 Å². The molecule has 2 aromatic rings. The first-order valence-electron chi connectivity index (χ1n) is 6.66.